The Morgan fingerprint density at radius 2 is 1.77 bits per heavy atom. The smallest absolute Gasteiger partial charge is 0.303 e. The maximum Gasteiger partial charge on any atom is 0.303 e. The molecule has 0 heterocycles. The van der Waals surface area contributed by atoms with E-state index < -0.39 is 5.97 Å². The standard InChI is InChI=1S/C17H18O5/c1-22-13-6-2-11(3-7-13)10-14-12(5-9-16(19)20)4-8-15(18)17(14)21/h2-4,6-8,18,21H,5,9-10H2,1H3,(H,19,20). The topological polar surface area (TPSA) is 87.0 Å². The second kappa shape index (κ2) is 6.85. The SMILES string of the molecule is COc1ccc(Cc2c(CCC(=O)O)ccc(O)c2O)cc1. The van der Waals surface area contributed by atoms with E-state index in [1.54, 1.807) is 13.2 Å². The Morgan fingerprint density at radius 1 is 1.09 bits per heavy atom. The van der Waals surface area contributed by atoms with Crippen LogP contribution in [-0.2, 0) is 17.6 Å². The zero-order chi connectivity index (χ0) is 16.1. The second-order valence-electron chi connectivity index (χ2n) is 4.99. The summed E-state index contributed by atoms with van der Waals surface area (Å²) in [6.07, 6.45) is 0.674. The Hall–Kier alpha value is -2.69. The van der Waals surface area contributed by atoms with Gasteiger partial charge in [0, 0.05) is 18.4 Å². The number of phenolic OH excluding ortho intramolecular Hbond substituents is 2. The first-order valence-corrected chi connectivity index (χ1v) is 6.88. The van der Waals surface area contributed by atoms with Gasteiger partial charge in [-0.15, -0.1) is 0 Å². The summed E-state index contributed by atoms with van der Waals surface area (Å²) in [5.41, 5.74) is 2.19. The van der Waals surface area contributed by atoms with Gasteiger partial charge in [-0.1, -0.05) is 18.2 Å². The van der Waals surface area contributed by atoms with Gasteiger partial charge in [-0.2, -0.15) is 0 Å². The predicted octanol–water partition coefficient (Wildman–Crippen LogP) is 2.71. The van der Waals surface area contributed by atoms with Crippen LogP contribution >= 0.6 is 0 Å². The maximum absolute atomic E-state index is 10.7. The average Bonchev–Trinajstić information content (AvgIpc) is 2.51. The third-order valence-electron chi connectivity index (χ3n) is 3.51. The Labute approximate surface area is 128 Å². The fourth-order valence-electron chi connectivity index (χ4n) is 2.29. The molecule has 0 amide bonds. The van der Waals surface area contributed by atoms with Crippen molar-refractivity contribution in [3.63, 3.8) is 0 Å². The van der Waals surface area contributed by atoms with Crippen LogP contribution in [0.3, 0.4) is 0 Å². The normalized spacial score (nSPS) is 10.4. The van der Waals surface area contributed by atoms with E-state index in [0.29, 0.717) is 24.0 Å². The lowest BCUT2D eigenvalue weighted by Gasteiger charge is -2.13. The molecule has 0 unspecified atom stereocenters. The number of ether oxygens (including phenoxy) is 1. The summed E-state index contributed by atoms with van der Waals surface area (Å²) in [7, 11) is 1.58. The van der Waals surface area contributed by atoms with Crippen molar-refractivity contribution in [1.29, 1.82) is 0 Å². The van der Waals surface area contributed by atoms with Gasteiger partial charge in [0.2, 0.25) is 0 Å². The molecule has 5 nitrogen and oxygen atoms in total. The van der Waals surface area contributed by atoms with Crippen LogP contribution in [0, 0.1) is 0 Å². The summed E-state index contributed by atoms with van der Waals surface area (Å²) >= 11 is 0. The highest BCUT2D eigenvalue weighted by Gasteiger charge is 2.14. The molecule has 0 aliphatic heterocycles. The van der Waals surface area contributed by atoms with Crippen molar-refractivity contribution in [2.45, 2.75) is 19.3 Å². The van der Waals surface area contributed by atoms with Gasteiger partial charge in [0.15, 0.2) is 11.5 Å². The summed E-state index contributed by atoms with van der Waals surface area (Å²) in [6, 6.07) is 10.4. The summed E-state index contributed by atoms with van der Waals surface area (Å²) in [4.78, 5) is 10.7. The molecule has 22 heavy (non-hydrogen) atoms. The van der Waals surface area contributed by atoms with Crippen LogP contribution in [0.25, 0.3) is 0 Å². The molecular weight excluding hydrogens is 284 g/mol. The second-order valence-corrected chi connectivity index (χ2v) is 4.99. The monoisotopic (exact) mass is 302 g/mol. The van der Waals surface area contributed by atoms with Crippen LogP contribution in [0.1, 0.15) is 23.1 Å². The Bertz CT molecular complexity index is 661. The van der Waals surface area contributed by atoms with Crippen LogP contribution in [0.5, 0.6) is 17.2 Å². The molecule has 0 radical (unpaired) electrons. The van der Waals surface area contributed by atoms with Gasteiger partial charge < -0.3 is 20.1 Å². The van der Waals surface area contributed by atoms with Crippen molar-refractivity contribution in [3.05, 3.63) is 53.1 Å². The van der Waals surface area contributed by atoms with Crippen LogP contribution in [0.2, 0.25) is 0 Å². The van der Waals surface area contributed by atoms with Crippen molar-refractivity contribution in [2.24, 2.45) is 0 Å². The van der Waals surface area contributed by atoms with E-state index in [2.05, 4.69) is 0 Å². The van der Waals surface area contributed by atoms with Crippen LogP contribution in [0.15, 0.2) is 36.4 Å². The molecular formula is C17H18O5. The van der Waals surface area contributed by atoms with E-state index in [-0.39, 0.29) is 17.9 Å². The highest BCUT2D eigenvalue weighted by molar-refractivity contribution is 5.67. The maximum atomic E-state index is 10.7. The van der Waals surface area contributed by atoms with Gasteiger partial charge in [0.05, 0.1) is 7.11 Å². The number of rotatable bonds is 6. The van der Waals surface area contributed by atoms with Crippen molar-refractivity contribution < 1.29 is 24.9 Å². The van der Waals surface area contributed by atoms with Crippen molar-refractivity contribution in [2.75, 3.05) is 7.11 Å². The minimum Gasteiger partial charge on any atom is -0.504 e. The van der Waals surface area contributed by atoms with E-state index in [9.17, 15) is 15.0 Å². The van der Waals surface area contributed by atoms with Crippen LogP contribution in [0.4, 0.5) is 0 Å². The van der Waals surface area contributed by atoms with Gasteiger partial charge in [-0.3, -0.25) is 4.79 Å². The van der Waals surface area contributed by atoms with Gasteiger partial charge in [-0.05, 0) is 35.7 Å². The first-order chi connectivity index (χ1) is 10.5. The largest absolute Gasteiger partial charge is 0.504 e. The Morgan fingerprint density at radius 3 is 2.36 bits per heavy atom. The summed E-state index contributed by atoms with van der Waals surface area (Å²) < 4.78 is 5.10. The number of hydrogen-bond acceptors (Lipinski definition) is 4. The van der Waals surface area contributed by atoms with Gasteiger partial charge in [-0.25, -0.2) is 0 Å². The fourth-order valence-corrected chi connectivity index (χ4v) is 2.29. The fraction of sp³-hybridized carbons (Fsp3) is 0.235. The zero-order valence-corrected chi connectivity index (χ0v) is 12.2. The molecule has 0 aliphatic carbocycles. The van der Waals surface area contributed by atoms with Crippen molar-refractivity contribution in [1.82, 2.24) is 0 Å². The number of carboxylic acids is 1. The molecule has 0 bridgehead atoms. The number of benzene rings is 2. The lowest BCUT2D eigenvalue weighted by atomic mass is 9.95. The summed E-state index contributed by atoms with van der Waals surface area (Å²) in [6.45, 7) is 0. The van der Waals surface area contributed by atoms with E-state index in [1.165, 1.54) is 6.07 Å². The molecule has 5 heteroatoms. The van der Waals surface area contributed by atoms with Gasteiger partial charge in [0.1, 0.15) is 5.75 Å². The highest BCUT2D eigenvalue weighted by atomic mass is 16.5. The third-order valence-corrected chi connectivity index (χ3v) is 3.51. The minimum absolute atomic E-state index is 0.0279. The van der Waals surface area contributed by atoms with Gasteiger partial charge in [0.25, 0.3) is 0 Å². The Kier molecular flexibility index (Phi) is 4.88. The molecule has 2 aromatic rings. The number of hydrogen-bond donors (Lipinski definition) is 3. The van der Waals surface area contributed by atoms with Crippen LogP contribution in [-0.4, -0.2) is 28.4 Å². The molecule has 0 saturated heterocycles. The van der Waals surface area contributed by atoms with Crippen molar-refractivity contribution >= 4 is 5.97 Å². The number of aliphatic carboxylic acids is 1. The number of carbonyl (C=O) groups is 1. The first kappa shape index (κ1) is 15.7. The Balaban J connectivity index is 2.30. The average molecular weight is 302 g/mol. The molecule has 2 rings (SSSR count). The zero-order valence-electron chi connectivity index (χ0n) is 12.2. The van der Waals surface area contributed by atoms with Gasteiger partial charge >= 0.3 is 5.97 Å². The molecule has 0 spiro atoms. The molecule has 0 aliphatic rings. The number of phenols is 2. The number of aromatic hydroxyl groups is 2. The molecule has 0 atom stereocenters. The molecule has 0 saturated carbocycles. The van der Waals surface area contributed by atoms with E-state index in [4.69, 9.17) is 9.84 Å². The lowest BCUT2D eigenvalue weighted by Crippen LogP contribution is -2.02. The number of carboxylic acid groups (broad SMARTS) is 1. The van der Waals surface area contributed by atoms with E-state index in [1.807, 2.05) is 24.3 Å². The predicted molar refractivity (Wildman–Crippen MR) is 81.5 cm³/mol. The third kappa shape index (κ3) is 3.69. The van der Waals surface area contributed by atoms with E-state index in [0.717, 1.165) is 11.3 Å². The molecule has 3 N–H and O–H groups in total. The van der Waals surface area contributed by atoms with Crippen LogP contribution < -0.4 is 4.74 Å². The summed E-state index contributed by atoms with van der Waals surface area (Å²) in [5, 5.41) is 28.6. The lowest BCUT2D eigenvalue weighted by molar-refractivity contribution is -0.136. The number of aryl methyl sites for hydroxylation is 1. The highest BCUT2D eigenvalue weighted by Crippen LogP contribution is 2.34. The number of methoxy groups -OCH3 is 1. The first-order valence-electron chi connectivity index (χ1n) is 6.88. The molecule has 2 aromatic carbocycles. The summed E-state index contributed by atoms with van der Waals surface area (Å²) in [5.74, 6) is -0.570. The van der Waals surface area contributed by atoms with E-state index >= 15 is 0 Å². The minimum atomic E-state index is -0.900. The molecule has 116 valence electrons. The quantitative estimate of drug-likeness (QED) is 0.714. The van der Waals surface area contributed by atoms with Crippen molar-refractivity contribution in [3.8, 4) is 17.2 Å². The molecule has 0 aromatic heterocycles. The molecule has 0 fully saturated rings.